The van der Waals surface area contributed by atoms with Crippen molar-refractivity contribution in [3.05, 3.63) is 54.1 Å². The van der Waals surface area contributed by atoms with E-state index in [1.165, 1.54) is 32.1 Å². The molecule has 0 N–H and O–H groups in total. The van der Waals surface area contributed by atoms with Gasteiger partial charge in [-0.3, -0.25) is 0 Å². The quantitative estimate of drug-likeness (QED) is 0.156. The van der Waals surface area contributed by atoms with Crippen LogP contribution in [0.5, 0.6) is 17.2 Å². The number of esters is 1. The van der Waals surface area contributed by atoms with Crippen LogP contribution in [0.3, 0.4) is 0 Å². The first-order valence-electron chi connectivity index (χ1n) is 10.8. The van der Waals surface area contributed by atoms with Crippen molar-refractivity contribution in [1.82, 2.24) is 0 Å². The molecule has 0 fully saturated rings. The van der Waals surface area contributed by atoms with Crippen molar-refractivity contribution >= 4 is 5.97 Å². The summed E-state index contributed by atoms with van der Waals surface area (Å²) in [6, 6.07) is 14.0. The highest BCUT2D eigenvalue weighted by atomic mass is 16.5. The second-order valence-electron chi connectivity index (χ2n) is 7.16. The standard InChI is InChI=1S/C26H32O4/c1-3-5-7-8-9-11-21-29-23-14-12-22(13-15-23)26(27)30-25-18-16-24(17-19-25)28-20-10-6-4-2/h2,12-19H,3,5-11,20-21H2,1H3. The van der Waals surface area contributed by atoms with Gasteiger partial charge >= 0.3 is 5.97 Å². The summed E-state index contributed by atoms with van der Waals surface area (Å²) in [5.74, 6) is 4.14. The smallest absolute Gasteiger partial charge is 0.343 e. The van der Waals surface area contributed by atoms with E-state index in [1.54, 1.807) is 48.5 Å². The molecule has 30 heavy (non-hydrogen) atoms. The Balaban J connectivity index is 1.72. The number of hydrogen-bond donors (Lipinski definition) is 0. The van der Waals surface area contributed by atoms with Crippen LogP contribution in [-0.2, 0) is 0 Å². The maximum atomic E-state index is 12.3. The lowest BCUT2D eigenvalue weighted by Gasteiger charge is -2.09. The fourth-order valence-corrected chi connectivity index (χ4v) is 2.89. The summed E-state index contributed by atoms with van der Waals surface area (Å²) in [4.78, 5) is 12.3. The number of ether oxygens (including phenoxy) is 3. The summed E-state index contributed by atoms with van der Waals surface area (Å²) in [5, 5.41) is 0. The van der Waals surface area contributed by atoms with Gasteiger partial charge in [0.15, 0.2) is 0 Å². The molecule has 0 radical (unpaired) electrons. The summed E-state index contributed by atoms with van der Waals surface area (Å²) in [5.41, 5.74) is 0.483. The van der Waals surface area contributed by atoms with E-state index in [9.17, 15) is 4.79 Å². The van der Waals surface area contributed by atoms with E-state index in [1.807, 2.05) is 0 Å². The Morgan fingerprint density at radius 3 is 1.93 bits per heavy atom. The van der Waals surface area contributed by atoms with Crippen LogP contribution in [0.2, 0.25) is 0 Å². The second-order valence-corrected chi connectivity index (χ2v) is 7.16. The lowest BCUT2D eigenvalue weighted by atomic mass is 10.1. The maximum Gasteiger partial charge on any atom is 0.343 e. The fraction of sp³-hybridized carbons (Fsp3) is 0.423. The highest BCUT2D eigenvalue weighted by Gasteiger charge is 2.09. The number of terminal acetylenes is 1. The van der Waals surface area contributed by atoms with E-state index >= 15 is 0 Å². The van der Waals surface area contributed by atoms with E-state index in [-0.39, 0.29) is 0 Å². The normalized spacial score (nSPS) is 10.3. The van der Waals surface area contributed by atoms with Gasteiger partial charge in [-0.05, 0) is 61.4 Å². The summed E-state index contributed by atoms with van der Waals surface area (Å²) in [6.45, 7) is 3.49. The molecule has 0 aromatic heterocycles. The van der Waals surface area contributed by atoms with E-state index in [0.29, 0.717) is 30.9 Å². The maximum absolute atomic E-state index is 12.3. The number of benzene rings is 2. The highest BCUT2D eigenvalue weighted by Crippen LogP contribution is 2.20. The zero-order chi connectivity index (χ0) is 21.4. The Hall–Kier alpha value is -2.93. The molecule has 0 atom stereocenters. The molecular weight excluding hydrogens is 376 g/mol. The van der Waals surface area contributed by atoms with Crippen LogP contribution in [0.4, 0.5) is 0 Å². The van der Waals surface area contributed by atoms with Crippen molar-refractivity contribution in [1.29, 1.82) is 0 Å². The average molecular weight is 409 g/mol. The third-order valence-corrected chi connectivity index (χ3v) is 4.63. The van der Waals surface area contributed by atoms with E-state index in [4.69, 9.17) is 20.6 Å². The third kappa shape index (κ3) is 9.05. The average Bonchev–Trinajstić information content (AvgIpc) is 2.77. The molecule has 0 spiro atoms. The van der Waals surface area contributed by atoms with Gasteiger partial charge in [0.25, 0.3) is 0 Å². The van der Waals surface area contributed by atoms with Crippen molar-refractivity contribution in [2.75, 3.05) is 13.2 Å². The van der Waals surface area contributed by atoms with Crippen molar-refractivity contribution in [3.63, 3.8) is 0 Å². The molecule has 0 heterocycles. The van der Waals surface area contributed by atoms with Crippen LogP contribution in [0.25, 0.3) is 0 Å². The van der Waals surface area contributed by atoms with Gasteiger partial charge in [-0.15, -0.1) is 12.3 Å². The predicted molar refractivity (Wildman–Crippen MR) is 120 cm³/mol. The fourth-order valence-electron chi connectivity index (χ4n) is 2.89. The Morgan fingerprint density at radius 2 is 1.30 bits per heavy atom. The molecule has 4 heteroatoms. The number of hydrogen-bond acceptors (Lipinski definition) is 4. The number of unbranched alkanes of at least 4 members (excludes halogenated alkanes) is 6. The molecule has 2 rings (SSSR count). The summed E-state index contributed by atoms with van der Waals surface area (Å²) in [6.07, 6.45) is 14.1. The van der Waals surface area contributed by atoms with Gasteiger partial charge in [0.2, 0.25) is 0 Å². The predicted octanol–water partition coefficient (Wildman–Crippen LogP) is 6.44. The Bertz CT molecular complexity index is 772. The van der Waals surface area contributed by atoms with Crippen molar-refractivity contribution in [2.24, 2.45) is 0 Å². The van der Waals surface area contributed by atoms with Crippen LogP contribution >= 0.6 is 0 Å². The first-order chi connectivity index (χ1) is 14.7. The number of rotatable bonds is 14. The first-order valence-corrected chi connectivity index (χ1v) is 10.8. The van der Waals surface area contributed by atoms with Crippen molar-refractivity contribution in [3.8, 4) is 29.6 Å². The third-order valence-electron chi connectivity index (χ3n) is 4.63. The topological polar surface area (TPSA) is 44.8 Å². The lowest BCUT2D eigenvalue weighted by molar-refractivity contribution is 0.0734. The minimum absolute atomic E-state index is 0.403. The number of carbonyl (C=O) groups excluding carboxylic acids is 1. The van der Waals surface area contributed by atoms with Crippen LogP contribution in [-0.4, -0.2) is 19.2 Å². The molecule has 0 amide bonds. The molecule has 160 valence electrons. The molecule has 2 aromatic carbocycles. The molecule has 0 saturated carbocycles. The Morgan fingerprint density at radius 1 is 0.767 bits per heavy atom. The van der Waals surface area contributed by atoms with Crippen LogP contribution in [0, 0.1) is 12.3 Å². The minimum Gasteiger partial charge on any atom is -0.494 e. The minimum atomic E-state index is -0.403. The molecule has 0 bridgehead atoms. The van der Waals surface area contributed by atoms with Crippen LogP contribution in [0.1, 0.15) is 68.6 Å². The van der Waals surface area contributed by atoms with Gasteiger partial charge in [-0.1, -0.05) is 39.0 Å². The van der Waals surface area contributed by atoms with Crippen LogP contribution in [0.15, 0.2) is 48.5 Å². The van der Waals surface area contributed by atoms with Gasteiger partial charge < -0.3 is 14.2 Å². The van der Waals surface area contributed by atoms with E-state index in [2.05, 4.69) is 12.8 Å². The molecule has 0 unspecified atom stereocenters. The first kappa shape index (κ1) is 23.3. The second kappa shape index (κ2) is 14.1. The zero-order valence-corrected chi connectivity index (χ0v) is 17.9. The summed E-state index contributed by atoms with van der Waals surface area (Å²) < 4.78 is 16.8. The summed E-state index contributed by atoms with van der Waals surface area (Å²) >= 11 is 0. The molecular formula is C26H32O4. The Labute approximate surface area is 180 Å². The zero-order valence-electron chi connectivity index (χ0n) is 17.9. The molecule has 0 aliphatic rings. The lowest BCUT2D eigenvalue weighted by Crippen LogP contribution is -2.08. The van der Waals surface area contributed by atoms with Gasteiger partial charge in [-0.25, -0.2) is 4.79 Å². The highest BCUT2D eigenvalue weighted by molar-refractivity contribution is 5.91. The largest absolute Gasteiger partial charge is 0.494 e. The monoisotopic (exact) mass is 408 g/mol. The van der Waals surface area contributed by atoms with Gasteiger partial charge in [0, 0.05) is 6.42 Å². The molecule has 0 aliphatic carbocycles. The SMILES string of the molecule is C#CCCCOc1ccc(OC(=O)c2ccc(OCCCCCCCC)cc2)cc1. The van der Waals surface area contributed by atoms with E-state index < -0.39 is 5.97 Å². The molecule has 0 saturated heterocycles. The Kier molecular flexibility index (Phi) is 11.0. The van der Waals surface area contributed by atoms with Gasteiger partial charge in [-0.2, -0.15) is 0 Å². The summed E-state index contributed by atoms with van der Waals surface area (Å²) in [7, 11) is 0. The van der Waals surface area contributed by atoms with Crippen molar-refractivity contribution < 1.29 is 19.0 Å². The van der Waals surface area contributed by atoms with Crippen molar-refractivity contribution in [2.45, 2.75) is 58.3 Å². The molecule has 2 aromatic rings. The van der Waals surface area contributed by atoms with Crippen LogP contribution < -0.4 is 14.2 Å². The molecule has 0 aliphatic heterocycles. The van der Waals surface area contributed by atoms with Gasteiger partial charge in [0.05, 0.1) is 18.8 Å². The molecule has 4 nitrogen and oxygen atoms in total. The van der Waals surface area contributed by atoms with Gasteiger partial charge in [0.1, 0.15) is 17.2 Å². The van der Waals surface area contributed by atoms with E-state index in [0.717, 1.165) is 24.3 Å². The number of carbonyl (C=O) groups is 1.